The van der Waals surface area contributed by atoms with Crippen LogP contribution in [0.25, 0.3) is 6.08 Å². The summed E-state index contributed by atoms with van der Waals surface area (Å²) < 4.78 is 5.06. The lowest BCUT2D eigenvalue weighted by atomic mass is 10.0. The molecular formula is C18H17ClO3. The van der Waals surface area contributed by atoms with E-state index in [1.54, 1.807) is 49.6 Å². The molecule has 2 aromatic rings. The Hall–Kier alpha value is -2.10. The maximum atomic E-state index is 11.9. The van der Waals surface area contributed by atoms with Crippen LogP contribution in [0.5, 0.6) is 5.75 Å². The van der Waals surface area contributed by atoms with E-state index < -0.39 is 6.10 Å². The van der Waals surface area contributed by atoms with Gasteiger partial charge in [-0.15, -0.1) is 0 Å². The summed E-state index contributed by atoms with van der Waals surface area (Å²) >= 11 is 5.80. The number of aliphatic hydroxyl groups excluding tert-OH is 1. The highest BCUT2D eigenvalue weighted by Gasteiger charge is 2.11. The second-order valence-electron chi connectivity index (χ2n) is 4.84. The van der Waals surface area contributed by atoms with Crippen LogP contribution in [0.15, 0.2) is 54.6 Å². The number of carbonyl (C=O) groups excluding carboxylic acids is 1. The third-order valence-corrected chi connectivity index (χ3v) is 3.48. The van der Waals surface area contributed by atoms with E-state index in [0.29, 0.717) is 16.3 Å². The summed E-state index contributed by atoms with van der Waals surface area (Å²) in [7, 11) is 1.58. The van der Waals surface area contributed by atoms with E-state index in [2.05, 4.69) is 0 Å². The molecule has 0 bridgehead atoms. The number of methoxy groups -OCH3 is 1. The lowest BCUT2D eigenvalue weighted by molar-refractivity contribution is -0.116. The number of benzene rings is 2. The number of hydrogen-bond acceptors (Lipinski definition) is 3. The molecule has 4 heteroatoms. The summed E-state index contributed by atoms with van der Waals surface area (Å²) in [5, 5.41) is 10.7. The van der Waals surface area contributed by atoms with Gasteiger partial charge in [-0.05, 0) is 41.5 Å². The Balaban J connectivity index is 1.94. The van der Waals surface area contributed by atoms with Crippen LogP contribution >= 0.6 is 11.6 Å². The number of aliphatic hydroxyl groups is 1. The zero-order chi connectivity index (χ0) is 15.9. The zero-order valence-corrected chi connectivity index (χ0v) is 13.0. The molecule has 22 heavy (non-hydrogen) atoms. The second-order valence-corrected chi connectivity index (χ2v) is 5.28. The monoisotopic (exact) mass is 316 g/mol. The predicted octanol–water partition coefficient (Wildman–Crippen LogP) is 4.05. The fourth-order valence-electron chi connectivity index (χ4n) is 1.97. The molecule has 0 aromatic heterocycles. The SMILES string of the molecule is COc1ccc(C(O)CC(=O)/C=C/c2ccc(Cl)cc2)cc1. The average Bonchev–Trinajstić information content (AvgIpc) is 2.54. The molecule has 1 unspecified atom stereocenters. The minimum absolute atomic E-state index is 0.0381. The minimum atomic E-state index is -0.826. The van der Waals surface area contributed by atoms with E-state index in [1.807, 2.05) is 12.1 Å². The van der Waals surface area contributed by atoms with Gasteiger partial charge in [0.2, 0.25) is 0 Å². The van der Waals surface area contributed by atoms with Crippen molar-refractivity contribution in [3.8, 4) is 5.75 Å². The summed E-state index contributed by atoms with van der Waals surface area (Å²) in [4.78, 5) is 11.9. The summed E-state index contributed by atoms with van der Waals surface area (Å²) in [6.45, 7) is 0. The summed E-state index contributed by atoms with van der Waals surface area (Å²) in [5.74, 6) is 0.572. The largest absolute Gasteiger partial charge is 0.497 e. The van der Waals surface area contributed by atoms with Gasteiger partial charge in [-0.3, -0.25) is 4.79 Å². The fourth-order valence-corrected chi connectivity index (χ4v) is 2.09. The van der Waals surface area contributed by atoms with Crippen molar-refractivity contribution >= 4 is 23.5 Å². The maximum absolute atomic E-state index is 11.9. The van der Waals surface area contributed by atoms with Crippen LogP contribution in [0.3, 0.4) is 0 Å². The summed E-state index contributed by atoms with van der Waals surface area (Å²) in [6, 6.07) is 14.2. The quantitative estimate of drug-likeness (QED) is 0.818. The Morgan fingerprint density at radius 1 is 1.18 bits per heavy atom. The van der Waals surface area contributed by atoms with Crippen LogP contribution in [0, 0.1) is 0 Å². The molecule has 1 N–H and O–H groups in total. The molecule has 0 amide bonds. The molecule has 0 spiro atoms. The van der Waals surface area contributed by atoms with E-state index in [9.17, 15) is 9.90 Å². The van der Waals surface area contributed by atoms with Crippen molar-refractivity contribution in [3.05, 3.63) is 70.8 Å². The molecule has 1 atom stereocenters. The smallest absolute Gasteiger partial charge is 0.158 e. The average molecular weight is 317 g/mol. The number of allylic oxidation sites excluding steroid dienone is 1. The van der Waals surface area contributed by atoms with Gasteiger partial charge >= 0.3 is 0 Å². The molecule has 114 valence electrons. The van der Waals surface area contributed by atoms with Crippen molar-refractivity contribution in [2.45, 2.75) is 12.5 Å². The van der Waals surface area contributed by atoms with E-state index in [-0.39, 0.29) is 12.2 Å². The van der Waals surface area contributed by atoms with Crippen LogP contribution in [0.1, 0.15) is 23.7 Å². The van der Waals surface area contributed by atoms with Gasteiger partial charge in [0.15, 0.2) is 5.78 Å². The van der Waals surface area contributed by atoms with Crippen LogP contribution in [-0.2, 0) is 4.79 Å². The Bertz CT molecular complexity index is 645. The molecule has 3 nitrogen and oxygen atoms in total. The normalized spacial score (nSPS) is 12.3. The number of ether oxygens (including phenoxy) is 1. The van der Waals surface area contributed by atoms with Gasteiger partial charge in [-0.2, -0.15) is 0 Å². The zero-order valence-electron chi connectivity index (χ0n) is 12.2. The second kappa shape index (κ2) is 7.78. The first kappa shape index (κ1) is 16.3. The molecule has 0 aliphatic rings. The Morgan fingerprint density at radius 2 is 1.82 bits per heavy atom. The number of carbonyl (C=O) groups is 1. The number of hydrogen-bond donors (Lipinski definition) is 1. The third kappa shape index (κ3) is 4.72. The molecular weight excluding hydrogens is 300 g/mol. The van der Waals surface area contributed by atoms with Crippen molar-refractivity contribution in [1.29, 1.82) is 0 Å². The highest BCUT2D eigenvalue weighted by molar-refractivity contribution is 6.30. The topological polar surface area (TPSA) is 46.5 Å². The van der Waals surface area contributed by atoms with E-state index in [4.69, 9.17) is 16.3 Å². The van der Waals surface area contributed by atoms with Gasteiger partial charge in [0, 0.05) is 11.4 Å². The van der Waals surface area contributed by atoms with Crippen molar-refractivity contribution < 1.29 is 14.6 Å². The fraction of sp³-hybridized carbons (Fsp3) is 0.167. The molecule has 0 saturated heterocycles. The first-order valence-electron chi connectivity index (χ1n) is 6.87. The van der Waals surface area contributed by atoms with Gasteiger partial charge in [0.1, 0.15) is 5.75 Å². The van der Waals surface area contributed by atoms with E-state index in [1.165, 1.54) is 6.08 Å². The van der Waals surface area contributed by atoms with Crippen LogP contribution in [-0.4, -0.2) is 18.0 Å². The van der Waals surface area contributed by atoms with E-state index >= 15 is 0 Å². The summed E-state index contributed by atoms with van der Waals surface area (Å²) in [6.07, 6.45) is 2.39. The Labute approximate surface area is 134 Å². The van der Waals surface area contributed by atoms with Gasteiger partial charge in [-0.1, -0.05) is 41.9 Å². The van der Waals surface area contributed by atoms with Crippen LogP contribution in [0.4, 0.5) is 0 Å². The Morgan fingerprint density at radius 3 is 2.41 bits per heavy atom. The van der Waals surface area contributed by atoms with Gasteiger partial charge in [0.05, 0.1) is 13.2 Å². The third-order valence-electron chi connectivity index (χ3n) is 3.23. The van der Waals surface area contributed by atoms with E-state index in [0.717, 1.165) is 5.56 Å². The first-order valence-corrected chi connectivity index (χ1v) is 7.25. The number of rotatable bonds is 6. The highest BCUT2D eigenvalue weighted by atomic mass is 35.5. The van der Waals surface area contributed by atoms with Gasteiger partial charge in [0.25, 0.3) is 0 Å². The number of ketones is 1. The van der Waals surface area contributed by atoms with Crippen molar-refractivity contribution in [2.24, 2.45) is 0 Å². The van der Waals surface area contributed by atoms with Crippen molar-refractivity contribution in [2.75, 3.05) is 7.11 Å². The first-order chi connectivity index (χ1) is 10.6. The highest BCUT2D eigenvalue weighted by Crippen LogP contribution is 2.20. The van der Waals surface area contributed by atoms with Crippen molar-refractivity contribution in [3.63, 3.8) is 0 Å². The lowest BCUT2D eigenvalue weighted by Crippen LogP contribution is -2.04. The molecule has 2 rings (SSSR count). The molecule has 0 radical (unpaired) electrons. The van der Waals surface area contributed by atoms with Crippen LogP contribution < -0.4 is 4.74 Å². The molecule has 0 fully saturated rings. The van der Waals surface area contributed by atoms with Crippen molar-refractivity contribution in [1.82, 2.24) is 0 Å². The summed E-state index contributed by atoms with van der Waals surface area (Å²) in [5.41, 5.74) is 1.57. The molecule has 0 aliphatic heterocycles. The molecule has 0 saturated carbocycles. The molecule has 2 aromatic carbocycles. The molecule has 0 heterocycles. The predicted molar refractivity (Wildman–Crippen MR) is 88.1 cm³/mol. The number of halogens is 1. The maximum Gasteiger partial charge on any atom is 0.158 e. The molecule has 0 aliphatic carbocycles. The van der Waals surface area contributed by atoms with Gasteiger partial charge < -0.3 is 9.84 Å². The lowest BCUT2D eigenvalue weighted by Gasteiger charge is -2.09. The standard InChI is InChI=1S/C18H17ClO3/c1-22-17-10-5-14(6-11-17)18(21)12-16(20)9-4-13-2-7-15(19)8-3-13/h2-11,18,21H,12H2,1H3/b9-4+. The minimum Gasteiger partial charge on any atom is -0.497 e. The van der Waals surface area contributed by atoms with Gasteiger partial charge in [-0.25, -0.2) is 0 Å². The van der Waals surface area contributed by atoms with Crippen LogP contribution in [0.2, 0.25) is 5.02 Å². The Kier molecular flexibility index (Phi) is 5.75.